The van der Waals surface area contributed by atoms with Gasteiger partial charge in [0.05, 0.1) is 12.5 Å². The molecule has 0 heterocycles. The molecule has 0 amide bonds. The smallest absolute Gasteiger partial charge is 0.312 e. The van der Waals surface area contributed by atoms with Gasteiger partial charge in [0.1, 0.15) is 0 Å². The Hall–Kier alpha value is -0.220. The van der Waals surface area contributed by atoms with Crippen LogP contribution in [0.15, 0.2) is 0 Å². The van der Waals surface area contributed by atoms with Gasteiger partial charge in [-0.05, 0) is 38.8 Å². The monoisotopic (exact) mass is 219 g/mol. The zero-order valence-electron chi connectivity index (χ0n) is 9.55. The molecule has 0 saturated heterocycles. The molecule has 0 rings (SSSR count). The van der Waals surface area contributed by atoms with Crippen molar-refractivity contribution in [2.75, 3.05) is 32.2 Å². The van der Waals surface area contributed by atoms with Gasteiger partial charge in [-0.3, -0.25) is 4.79 Å². The van der Waals surface area contributed by atoms with Gasteiger partial charge in [-0.25, -0.2) is 0 Å². The summed E-state index contributed by atoms with van der Waals surface area (Å²) in [6, 6.07) is 0. The van der Waals surface area contributed by atoms with Gasteiger partial charge in [0.2, 0.25) is 0 Å². The van der Waals surface area contributed by atoms with Crippen molar-refractivity contribution in [1.29, 1.82) is 0 Å². The van der Waals surface area contributed by atoms with Crippen LogP contribution < -0.4 is 5.32 Å². The first-order chi connectivity index (χ1) is 6.54. The maximum Gasteiger partial charge on any atom is 0.312 e. The zero-order chi connectivity index (χ0) is 11.0. The lowest BCUT2D eigenvalue weighted by molar-refractivity contribution is -0.150. The fourth-order valence-corrected chi connectivity index (χ4v) is 1.52. The fourth-order valence-electron chi connectivity index (χ4n) is 1.09. The summed E-state index contributed by atoms with van der Waals surface area (Å²) in [6.45, 7) is 5.41. The number of carbonyl (C=O) groups is 1. The van der Waals surface area contributed by atoms with Crippen molar-refractivity contribution in [3.63, 3.8) is 0 Å². The molecule has 0 aliphatic rings. The van der Waals surface area contributed by atoms with Gasteiger partial charge < -0.3 is 10.1 Å². The molecule has 0 fully saturated rings. The van der Waals surface area contributed by atoms with E-state index in [0.29, 0.717) is 6.54 Å². The third kappa shape index (κ3) is 5.50. The first kappa shape index (κ1) is 13.8. The molecule has 0 aliphatic heterocycles. The average Bonchev–Trinajstić information content (AvgIpc) is 2.16. The Morgan fingerprint density at radius 1 is 1.50 bits per heavy atom. The normalized spacial score (nSPS) is 11.4. The molecule has 3 nitrogen and oxygen atoms in total. The minimum Gasteiger partial charge on any atom is -0.469 e. The summed E-state index contributed by atoms with van der Waals surface area (Å²) >= 11 is 1.84. The quantitative estimate of drug-likeness (QED) is 0.520. The Balaban J connectivity index is 3.60. The summed E-state index contributed by atoms with van der Waals surface area (Å²) in [5.41, 5.74) is -0.423. The van der Waals surface area contributed by atoms with Gasteiger partial charge in [0.15, 0.2) is 0 Å². The van der Waals surface area contributed by atoms with Gasteiger partial charge in [-0.1, -0.05) is 0 Å². The van der Waals surface area contributed by atoms with Crippen LogP contribution in [0.25, 0.3) is 0 Å². The second-order valence-corrected chi connectivity index (χ2v) is 4.88. The number of carbonyl (C=O) groups excluding carboxylic acids is 1. The molecule has 0 aliphatic carbocycles. The number of nitrogens with one attached hydrogen (secondary N) is 1. The summed E-state index contributed by atoms with van der Waals surface area (Å²) in [5.74, 6) is 1.00. The summed E-state index contributed by atoms with van der Waals surface area (Å²) in [7, 11) is 1.43. The van der Waals surface area contributed by atoms with E-state index in [0.717, 1.165) is 18.7 Å². The molecule has 0 bridgehead atoms. The van der Waals surface area contributed by atoms with E-state index < -0.39 is 5.41 Å². The number of methoxy groups -OCH3 is 1. The van der Waals surface area contributed by atoms with Crippen molar-refractivity contribution >= 4 is 17.7 Å². The van der Waals surface area contributed by atoms with E-state index in [4.69, 9.17) is 4.74 Å². The van der Waals surface area contributed by atoms with Gasteiger partial charge in [0, 0.05) is 6.54 Å². The highest BCUT2D eigenvalue weighted by molar-refractivity contribution is 7.98. The first-order valence-corrected chi connectivity index (χ1v) is 6.22. The number of rotatable bonds is 7. The molecule has 4 heteroatoms. The van der Waals surface area contributed by atoms with E-state index in [1.54, 1.807) is 0 Å². The Morgan fingerprint density at radius 2 is 2.14 bits per heavy atom. The lowest BCUT2D eigenvalue weighted by atomic mass is 9.94. The summed E-state index contributed by atoms with van der Waals surface area (Å²) in [5, 5.41) is 3.26. The van der Waals surface area contributed by atoms with Crippen LogP contribution in [-0.4, -0.2) is 38.2 Å². The minimum absolute atomic E-state index is 0.158. The molecular weight excluding hydrogens is 198 g/mol. The maximum atomic E-state index is 11.3. The van der Waals surface area contributed by atoms with Crippen molar-refractivity contribution in [3.8, 4) is 0 Å². The highest BCUT2D eigenvalue weighted by Gasteiger charge is 2.27. The van der Waals surface area contributed by atoms with Crippen molar-refractivity contribution in [1.82, 2.24) is 5.32 Å². The molecule has 84 valence electrons. The standard InChI is InChI=1S/C10H21NO2S/c1-10(2,9(12)13-3)8-11-6-5-7-14-4/h11H,5-8H2,1-4H3. The highest BCUT2D eigenvalue weighted by Crippen LogP contribution is 2.15. The van der Waals surface area contributed by atoms with Crippen molar-refractivity contribution in [2.45, 2.75) is 20.3 Å². The third-order valence-electron chi connectivity index (χ3n) is 2.01. The SMILES string of the molecule is COC(=O)C(C)(C)CNCCCSC. The second-order valence-electron chi connectivity index (χ2n) is 3.90. The molecule has 0 radical (unpaired) electrons. The highest BCUT2D eigenvalue weighted by atomic mass is 32.2. The maximum absolute atomic E-state index is 11.3. The van der Waals surface area contributed by atoms with Crippen molar-refractivity contribution in [3.05, 3.63) is 0 Å². The molecule has 0 spiro atoms. The molecule has 0 aromatic heterocycles. The van der Waals surface area contributed by atoms with Crippen LogP contribution in [0, 0.1) is 5.41 Å². The summed E-state index contributed by atoms with van der Waals surface area (Å²) in [6.07, 6.45) is 3.23. The number of hydrogen-bond acceptors (Lipinski definition) is 4. The van der Waals surface area contributed by atoms with E-state index in [2.05, 4.69) is 11.6 Å². The van der Waals surface area contributed by atoms with Crippen LogP contribution in [0.3, 0.4) is 0 Å². The molecule has 0 unspecified atom stereocenters. The average molecular weight is 219 g/mol. The molecule has 14 heavy (non-hydrogen) atoms. The van der Waals surface area contributed by atoms with Crippen molar-refractivity contribution in [2.24, 2.45) is 5.41 Å². The van der Waals surface area contributed by atoms with Crippen LogP contribution in [0.4, 0.5) is 0 Å². The molecule has 0 aromatic carbocycles. The van der Waals surface area contributed by atoms with E-state index in [-0.39, 0.29) is 5.97 Å². The predicted molar refractivity (Wildman–Crippen MR) is 61.7 cm³/mol. The first-order valence-electron chi connectivity index (χ1n) is 4.82. The van der Waals surface area contributed by atoms with E-state index >= 15 is 0 Å². The Bertz CT molecular complexity index is 172. The molecule has 0 atom stereocenters. The molecular formula is C10H21NO2S. The van der Waals surface area contributed by atoms with Gasteiger partial charge >= 0.3 is 5.97 Å². The van der Waals surface area contributed by atoms with E-state index in [1.165, 1.54) is 7.11 Å². The third-order valence-corrected chi connectivity index (χ3v) is 2.70. The van der Waals surface area contributed by atoms with Crippen molar-refractivity contribution < 1.29 is 9.53 Å². The molecule has 1 N–H and O–H groups in total. The number of thioether (sulfide) groups is 1. The van der Waals surface area contributed by atoms with Crippen LogP contribution in [0.2, 0.25) is 0 Å². The largest absolute Gasteiger partial charge is 0.469 e. The summed E-state index contributed by atoms with van der Waals surface area (Å²) < 4.78 is 4.71. The second kappa shape index (κ2) is 7.12. The minimum atomic E-state index is -0.423. The lowest BCUT2D eigenvalue weighted by Gasteiger charge is -2.21. The number of hydrogen-bond donors (Lipinski definition) is 1. The molecule has 0 saturated carbocycles. The van der Waals surface area contributed by atoms with Gasteiger partial charge in [-0.2, -0.15) is 11.8 Å². The Labute approximate surface area is 91.0 Å². The van der Waals surface area contributed by atoms with E-state index in [9.17, 15) is 4.79 Å². The van der Waals surface area contributed by atoms with Crippen LogP contribution >= 0.6 is 11.8 Å². The number of esters is 1. The molecule has 0 aromatic rings. The number of ether oxygens (including phenoxy) is 1. The predicted octanol–water partition coefficient (Wildman–Crippen LogP) is 1.53. The van der Waals surface area contributed by atoms with Crippen LogP contribution in [0.1, 0.15) is 20.3 Å². The lowest BCUT2D eigenvalue weighted by Crippen LogP contribution is -2.37. The van der Waals surface area contributed by atoms with Crippen LogP contribution in [0.5, 0.6) is 0 Å². The van der Waals surface area contributed by atoms with Crippen LogP contribution in [-0.2, 0) is 9.53 Å². The Kier molecular flexibility index (Phi) is 7.01. The Morgan fingerprint density at radius 3 is 2.64 bits per heavy atom. The van der Waals surface area contributed by atoms with E-state index in [1.807, 2.05) is 25.6 Å². The fraction of sp³-hybridized carbons (Fsp3) is 0.900. The van der Waals surface area contributed by atoms with Gasteiger partial charge in [0.25, 0.3) is 0 Å². The van der Waals surface area contributed by atoms with Gasteiger partial charge in [-0.15, -0.1) is 0 Å². The zero-order valence-corrected chi connectivity index (χ0v) is 10.4. The topological polar surface area (TPSA) is 38.3 Å². The summed E-state index contributed by atoms with van der Waals surface area (Å²) in [4.78, 5) is 11.3.